The number of nitriles is 1. The molecule has 0 aromatic heterocycles. The van der Waals surface area contributed by atoms with E-state index in [1.807, 2.05) is 42.5 Å². The number of amides is 1. The zero-order chi connectivity index (χ0) is 12.3. The lowest BCUT2D eigenvalue weighted by molar-refractivity contribution is 0.100. The summed E-state index contributed by atoms with van der Waals surface area (Å²) < 4.78 is 0. The van der Waals surface area contributed by atoms with E-state index in [-0.39, 0.29) is 0 Å². The molecule has 0 atom stereocenters. The van der Waals surface area contributed by atoms with E-state index in [4.69, 9.17) is 11.0 Å². The molecule has 0 saturated heterocycles. The monoisotopic (exact) mass is 223 g/mol. The van der Waals surface area contributed by atoms with Crippen LogP contribution >= 0.6 is 0 Å². The van der Waals surface area contributed by atoms with Gasteiger partial charge in [-0.25, -0.2) is 0 Å². The van der Waals surface area contributed by atoms with Crippen molar-refractivity contribution < 1.29 is 4.79 Å². The standard InChI is InChI=1S/C14H11N2O/c15-9-3-5-11-8-7-10-4-1-2-6-12(10)13(11)14(16)17/h1-4,6-8H,5H2,(H2,16,17). The predicted octanol–water partition coefficient (Wildman–Crippen LogP) is 2.21. The third-order valence-electron chi connectivity index (χ3n) is 2.67. The molecule has 0 saturated carbocycles. The SMILES string of the molecule is N#C[CH]Cc1ccc2ccccc2c1C(N)=O. The van der Waals surface area contributed by atoms with Gasteiger partial charge >= 0.3 is 0 Å². The maximum Gasteiger partial charge on any atom is 0.249 e. The molecule has 17 heavy (non-hydrogen) atoms. The van der Waals surface area contributed by atoms with E-state index in [0.29, 0.717) is 12.0 Å². The predicted molar refractivity (Wildman–Crippen MR) is 66.1 cm³/mol. The molecule has 2 aromatic rings. The third kappa shape index (κ3) is 2.11. The van der Waals surface area contributed by atoms with Crippen molar-refractivity contribution >= 4 is 16.7 Å². The average molecular weight is 223 g/mol. The molecular weight excluding hydrogens is 212 g/mol. The molecule has 2 aromatic carbocycles. The van der Waals surface area contributed by atoms with Crippen LogP contribution in [0.1, 0.15) is 15.9 Å². The molecule has 0 fully saturated rings. The first-order chi connectivity index (χ1) is 8.24. The number of primary amides is 1. The van der Waals surface area contributed by atoms with Gasteiger partial charge in [0.25, 0.3) is 0 Å². The number of fused-ring (bicyclic) bond motifs is 1. The van der Waals surface area contributed by atoms with Crippen molar-refractivity contribution in [3.05, 3.63) is 53.9 Å². The Morgan fingerprint density at radius 1 is 1.29 bits per heavy atom. The van der Waals surface area contributed by atoms with E-state index in [1.54, 1.807) is 0 Å². The number of hydrogen-bond donors (Lipinski definition) is 1. The Kier molecular flexibility index (Phi) is 3.06. The van der Waals surface area contributed by atoms with Gasteiger partial charge in [-0.15, -0.1) is 0 Å². The van der Waals surface area contributed by atoms with Crippen molar-refractivity contribution in [2.45, 2.75) is 6.42 Å². The Morgan fingerprint density at radius 3 is 2.76 bits per heavy atom. The molecule has 0 aliphatic heterocycles. The molecule has 0 spiro atoms. The van der Waals surface area contributed by atoms with Crippen LogP contribution in [-0.2, 0) is 6.42 Å². The summed E-state index contributed by atoms with van der Waals surface area (Å²) in [6.07, 6.45) is 1.89. The highest BCUT2D eigenvalue weighted by molar-refractivity contribution is 6.07. The molecule has 1 radical (unpaired) electrons. The van der Waals surface area contributed by atoms with Crippen LogP contribution in [0.4, 0.5) is 0 Å². The minimum Gasteiger partial charge on any atom is -0.366 e. The van der Waals surface area contributed by atoms with Crippen LogP contribution in [0.2, 0.25) is 0 Å². The number of hydrogen-bond acceptors (Lipinski definition) is 2. The lowest BCUT2D eigenvalue weighted by atomic mass is 9.96. The Labute approximate surface area is 99.5 Å². The molecule has 2 N–H and O–H groups in total. The molecule has 0 aliphatic rings. The van der Waals surface area contributed by atoms with Crippen molar-refractivity contribution in [1.29, 1.82) is 5.26 Å². The Morgan fingerprint density at radius 2 is 2.06 bits per heavy atom. The number of carbonyl (C=O) groups excluding carboxylic acids is 1. The summed E-state index contributed by atoms with van der Waals surface area (Å²) in [5.74, 6) is -0.455. The molecule has 2 rings (SSSR count). The lowest BCUT2D eigenvalue weighted by Gasteiger charge is -2.08. The fourth-order valence-electron chi connectivity index (χ4n) is 1.93. The van der Waals surface area contributed by atoms with Gasteiger partial charge in [0.1, 0.15) is 0 Å². The third-order valence-corrected chi connectivity index (χ3v) is 2.67. The van der Waals surface area contributed by atoms with E-state index >= 15 is 0 Å². The smallest absolute Gasteiger partial charge is 0.249 e. The largest absolute Gasteiger partial charge is 0.366 e. The van der Waals surface area contributed by atoms with Crippen LogP contribution in [0.15, 0.2) is 36.4 Å². The van der Waals surface area contributed by atoms with Crippen molar-refractivity contribution in [2.24, 2.45) is 5.73 Å². The fourth-order valence-corrected chi connectivity index (χ4v) is 1.93. The van der Waals surface area contributed by atoms with Gasteiger partial charge in [-0.1, -0.05) is 36.4 Å². The van der Waals surface area contributed by atoms with Crippen LogP contribution in [-0.4, -0.2) is 5.91 Å². The van der Waals surface area contributed by atoms with Gasteiger partial charge in [0.05, 0.1) is 18.1 Å². The second-order valence-electron chi connectivity index (χ2n) is 3.72. The molecule has 83 valence electrons. The molecule has 0 aliphatic carbocycles. The summed E-state index contributed by atoms with van der Waals surface area (Å²) in [5, 5.41) is 10.4. The second kappa shape index (κ2) is 4.67. The van der Waals surface area contributed by atoms with Gasteiger partial charge in [-0.3, -0.25) is 4.79 Å². The highest BCUT2D eigenvalue weighted by atomic mass is 16.1. The first-order valence-electron chi connectivity index (χ1n) is 5.25. The Hall–Kier alpha value is -2.34. The maximum atomic E-state index is 11.5. The van der Waals surface area contributed by atoms with E-state index in [2.05, 4.69) is 0 Å². The van der Waals surface area contributed by atoms with E-state index < -0.39 is 5.91 Å². The number of benzene rings is 2. The first-order valence-corrected chi connectivity index (χ1v) is 5.25. The first kappa shape index (κ1) is 11.2. The van der Waals surface area contributed by atoms with Crippen molar-refractivity contribution in [3.63, 3.8) is 0 Å². The minimum atomic E-state index is -0.455. The van der Waals surface area contributed by atoms with Crippen LogP contribution in [0.25, 0.3) is 10.8 Å². The fraction of sp³-hybridized carbons (Fsp3) is 0.0714. The summed E-state index contributed by atoms with van der Waals surface area (Å²) in [4.78, 5) is 11.5. The lowest BCUT2D eigenvalue weighted by Crippen LogP contribution is -2.14. The van der Waals surface area contributed by atoms with E-state index in [1.165, 1.54) is 6.42 Å². The van der Waals surface area contributed by atoms with Gasteiger partial charge in [0.15, 0.2) is 0 Å². The molecular formula is C14H11N2O. The van der Waals surface area contributed by atoms with Crippen molar-refractivity contribution in [3.8, 4) is 6.07 Å². The molecule has 0 unspecified atom stereocenters. The van der Waals surface area contributed by atoms with Crippen molar-refractivity contribution in [2.75, 3.05) is 0 Å². The summed E-state index contributed by atoms with van der Waals surface area (Å²) >= 11 is 0. The van der Waals surface area contributed by atoms with Crippen LogP contribution in [0.3, 0.4) is 0 Å². The number of carbonyl (C=O) groups is 1. The maximum absolute atomic E-state index is 11.5. The van der Waals surface area contributed by atoms with Gasteiger partial charge < -0.3 is 5.73 Å². The van der Waals surface area contributed by atoms with E-state index in [9.17, 15) is 4.79 Å². The van der Waals surface area contributed by atoms with Gasteiger partial charge in [-0.2, -0.15) is 5.26 Å². The van der Waals surface area contributed by atoms with Crippen LogP contribution in [0.5, 0.6) is 0 Å². The molecule has 0 bridgehead atoms. The van der Waals surface area contributed by atoms with Gasteiger partial charge in [-0.05, 0) is 22.8 Å². The topological polar surface area (TPSA) is 66.9 Å². The molecule has 1 amide bonds. The van der Waals surface area contributed by atoms with Crippen molar-refractivity contribution in [1.82, 2.24) is 0 Å². The quantitative estimate of drug-likeness (QED) is 0.866. The molecule has 0 heterocycles. The summed E-state index contributed by atoms with van der Waals surface area (Å²) in [5.41, 5.74) is 6.72. The van der Waals surface area contributed by atoms with Crippen LogP contribution in [0, 0.1) is 17.8 Å². The Balaban J connectivity index is 2.65. The van der Waals surface area contributed by atoms with Gasteiger partial charge in [0, 0.05) is 0 Å². The zero-order valence-corrected chi connectivity index (χ0v) is 9.18. The van der Waals surface area contributed by atoms with Gasteiger partial charge in [0.2, 0.25) is 5.91 Å². The van der Waals surface area contributed by atoms with E-state index in [0.717, 1.165) is 16.3 Å². The molecule has 3 nitrogen and oxygen atoms in total. The second-order valence-corrected chi connectivity index (χ2v) is 3.72. The average Bonchev–Trinajstić information content (AvgIpc) is 2.35. The normalized spacial score (nSPS) is 10.1. The zero-order valence-electron chi connectivity index (χ0n) is 9.18. The number of nitrogens with zero attached hydrogens (tertiary/aromatic N) is 1. The van der Waals surface area contributed by atoms with Crippen LogP contribution < -0.4 is 5.73 Å². The minimum absolute atomic E-state index is 0.430. The summed E-state index contributed by atoms with van der Waals surface area (Å²) in [6, 6.07) is 13.3. The number of nitrogens with two attached hydrogens (primary N) is 1. The highest BCUT2D eigenvalue weighted by Crippen LogP contribution is 2.23. The molecule has 3 heteroatoms. The number of rotatable bonds is 3. The Bertz CT molecular complexity index is 611. The highest BCUT2D eigenvalue weighted by Gasteiger charge is 2.12. The summed E-state index contributed by atoms with van der Waals surface area (Å²) in [7, 11) is 0. The summed E-state index contributed by atoms with van der Waals surface area (Å²) in [6.45, 7) is 0.